The first-order chi connectivity index (χ1) is 50.7. The van der Waals surface area contributed by atoms with Gasteiger partial charge >= 0.3 is 39.5 Å². The minimum absolute atomic E-state index is 0.0282. The van der Waals surface area contributed by atoms with Crippen LogP contribution in [0.3, 0.4) is 0 Å². The molecule has 5 unspecified atom stereocenters. The Morgan fingerprint density at radius 3 is 0.865 bits per heavy atom. The number of rotatable bonds is 73. The van der Waals surface area contributed by atoms with Crippen LogP contribution in [0.2, 0.25) is 0 Å². The number of hydrogen-bond donors (Lipinski definition) is 3. The molecule has 3 N–H and O–H groups in total. The Bertz CT molecular complexity index is 2590. The van der Waals surface area contributed by atoms with Crippen LogP contribution >= 0.6 is 15.6 Å². The van der Waals surface area contributed by atoms with E-state index in [9.17, 15) is 43.2 Å². The molecule has 0 aliphatic carbocycles. The monoisotopic (exact) mass is 1490 g/mol. The average molecular weight is 1500 g/mol. The van der Waals surface area contributed by atoms with Crippen molar-refractivity contribution in [3.8, 4) is 0 Å². The van der Waals surface area contributed by atoms with Gasteiger partial charge in [-0.25, -0.2) is 9.13 Å². The lowest BCUT2D eigenvalue weighted by molar-refractivity contribution is -0.161. The molecule has 0 heterocycles. The van der Waals surface area contributed by atoms with Crippen LogP contribution in [-0.2, 0) is 65.4 Å². The minimum atomic E-state index is -5.00. The zero-order valence-corrected chi connectivity index (χ0v) is 66.4. The van der Waals surface area contributed by atoms with Gasteiger partial charge in [-0.05, 0) is 154 Å². The number of esters is 4. The number of unbranched alkanes of at least 4 members (excludes halogenated alkanes) is 21. The lowest BCUT2D eigenvalue weighted by Crippen LogP contribution is -2.30. The van der Waals surface area contributed by atoms with Gasteiger partial charge in [0.1, 0.15) is 19.3 Å². The zero-order chi connectivity index (χ0) is 76.0. The molecule has 0 fully saturated rings. The Hall–Kier alpha value is -5.32. The molecule has 0 spiro atoms. The predicted octanol–water partition coefficient (Wildman–Crippen LogP) is 23.2. The first-order valence-electron chi connectivity index (χ1n) is 39.7. The molecule has 0 saturated heterocycles. The highest BCUT2D eigenvalue weighted by Crippen LogP contribution is 2.45. The molecule has 0 aromatic carbocycles. The van der Waals surface area contributed by atoms with Gasteiger partial charge in [0.15, 0.2) is 12.2 Å². The zero-order valence-electron chi connectivity index (χ0n) is 64.6. The van der Waals surface area contributed by atoms with Crippen molar-refractivity contribution in [2.75, 3.05) is 39.6 Å². The number of phosphoric acid groups is 2. The average Bonchev–Trinajstić information content (AvgIpc) is 0.939. The van der Waals surface area contributed by atoms with E-state index in [0.717, 1.165) is 193 Å². The van der Waals surface area contributed by atoms with Gasteiger partial charge in [-0.1, -0.05) is 276 Å². The minimum Gasteiger partial charge on any atom is -0.462 e. The van der Waals surface area contributed by atoms with Gasteiger partial charge in [0.25, 0.3) is 0 Å². The van der Waals surface area contributed by atoms with E-state index in [1.165, 1.54) is 19.3 Å². The summed E-state index contributed by atoms with van der Waals surface area (Å²) < 4.78 is 68.5. The van der Waals surface area contributed by atoms with Gasteiger partial charge in [0.2, 0.25) is 0 Å². The second-order valence-electron chi connectivity index (χ2n) is 25.9. The Morgan fingerprint density at radius 1 is 0.279 bits per heavy atom. The number of aliphatic hydroxyl groups is 1. The van der Waals surface area contributed by atoms with E-state index in [1.54, 1.807) is 0 Å². The molecular formula is C85H140O17P2. The second-order valence-corrected chi connectivity index (χ2v) is 28.8. The Kier molecular flexibility index (Phi) is 72.0. The van der Waals surface area contributed by atoms with Crippen molar-refractivity contribution in [3.05, 3.63) is 158 Å². The summed E-state index contributed by atoms with van der Waals surface area (Å²) in [5.74, 6) is -2.32. The van der Waals surface area contributed by atoms with Crippen LogP contribution in [-0.4, -0.2) is 96.7 Å². The summed E-state index contributed by atoms with van der Waals surface area (Å²) in [5.41, 5.74) is 0. The number of aliphatic hydroxyl groups excluding tert-OH is 1. The fraction of sp³-hybridized carbons (Fsp3) is 0.647. The van der Waals surface area contributed by atoms with Crippen molar-refractivity contribution < 1.29 is 80.2 Å². The van der Waals surface area contributed by atoms with Crippen molar-refractivity contribution in [3.63, 3.8) is 0 Å². The fourth-order valence-electron chi connectivity index (χ4n) is 9.97. The first kappa shape index (κ1) is 98.7. The third kappa shape index (κ3) is 74.9. The molecule has 17 nitrogen and oxygen atoms in total. The number of phosphoric ester groups is 2. The largest absolute Gasteiger partial charge is 0.472 e. The van der Waals surface area contributed by atoms with Crippen molar-refractivity contribution in [2.45, 2.75) is 316 Å². The number of carbonyl (C=O) groups is 4. The lowest BCUT2D eigenvalue weighted by Gasteiger charge is -2.21. The molecule has 0 radical (unpaired) electrons. The second kappa shape index (κ2) is 75.9. The molecule has 0 aliphatic rings. The number of hydrogen-bond acceptors (Lipinski definition) is 15. The third-order valence-corrected chi connectivity index (χ3v) is 17.9. The predicted molar refractivity (Wildman–Crippen MR) is 427 cm³/mol. The summed E-state index contributed by atoms with van der Waals surface area (Å²) in [6.07, 6.45) is 88.1. The topological polar surface area (TPSA) is 237 Å². The highest BCUT2D eigenvalue weighted by atomic mass is 31.2. The molecule has 104 heavy (non-hydrogen) atoms. The van der Waals surface area contributed by atoms with Crippen molar-refractivity contribution in [1.82, 2.24) is 0 Å². The summed E-state index contributed by atoms with van der Waals surface area (Å²) in [4.78, 5) is 73.0. The SMILES string of the molecule is CC/C=C\C/C=C\C/C=C\C/C=C\C/C=C\C/C=C\CCC(=O)OCC(COP(=O)(O)OCC(O)COP(=O)(O)OCC(COC(=O)CCCCCCCCC/C=C\C/C=C\C/C=C\CC)OC(=O)CCCCCCC/C=C\C/C=C\CCCCC)OC(=O)CCCCCCC/C=C\C/C=C\CCC. The summed E-state index contributed by atoms with van der Waals surface area (Å²) in [6, 6.07) is 0. The summed E-state index contributed by atoms with van der Waals surface area (Å²) in [6.45, 7) is 4.42. The van der Waals surface area contributed by atoms with Crippen LogP contribution < -0.4 is 0 Å². The van der Waals surface area contributed by atoms with E-state index < -0.39 is 97.5 Å². The standard InChI is InChI=1S/C85H140O17P2/c1-5-9-13-17-21-25-29-33-36-38-39-41-44-47-50-54-58-62-66-70-83(88)95-75-80(101-84(89)71-67-63-59-55-51-45-32-28-24-20-16-12-8-4)77-99-103(91,92)97-73-79(86)74-98-104(93,94)100-78-81(102-85(90)72-68-64-60-56-52-48-42-35-31-27-23-19-15-11-7-3)76-96-82(87)69-65-61-57-53-49-46-43-40-37-34-30-26-22-18-14-10-6-2/h9-10,13-14,16,20-23,25-28,32-37,39,41-42,47,50,58,62,79-81,86H,5-8,11-12,15,17-19,24,29-31,38,40,43-46,48-49,51-57,59-61,63-78H2,1-4H3,(H,91,92)(H,93,94)/b13-9-,14-10-,20-16-,25-21-,26-22-,27-23-,32-28-,36-33-,37-34-,41-39-,42-35-,50-47-,62-58-. The Morgan fingerprint density at radius 2 is 0.538 bits per heavy atom. The van der Waals surface area contributed by atoms with E-state index in [0.29, 0.717) is 32.1 Å². The highest BCUT2D eigenvalue weighted by Gasteiger charge is 2.30. The van der Waals surface area contributed by atoms with E-state index in [2.05, 4.69) is 167 Å². The molecule has 0 amide bonds. The van der Waals surface area contributed by atoms with Crippen molar-refractivity contribution >= 4 is 39.5 Å². The summed E-state index contributed by atoms with van der Waals surface area (Å²) in [7, 11) is -10.00. The normalized spacial score (nSPS) is 14.7. The van der Waals surface area contributed by atoms with Crippen LogP contribution in [0.25, 0.3) is 0 Å². The lowest BCUT2D eigenvalue weighted by atomic mass is 10.1. The van der Waals surface area contributed by atoms with Crippen molar-refractivity contribution in [1.29, 1.82) is 0 Å². The molecule has 0 bridgehead atoms. The van der Waals surface area contributed by atoms with Crippen LogP contribution in [0.4, 0.5) is 0 Å². The molecule has 0 aromatic heterocycles. The molecule has 592 valence electrons. The van der Waals surface area contributed by atoms with Crippen LogP contribution in [0.5, 0.6) is 0 Å². The van der Waals surface area contributed by atoms with E-state index in [4.69, 9.17) is 37.0 Å². The van der Waals surface area contributed by atoms with Gasteiger partial charge in [0.05, 0.1) is 26.4 Å². The van der Waals surface area contributed by atoms with Crippen LogP contribution in [0.1, 0.15) is 297 Å². The number of carbonyl (C=O) groups excluding carboxylic acids is 4. The van der Waals surface area contributed by atoms with Crippen molar-refractivity contribution in [2.24, 2.45) is 0 Å². The molecule has 0 saturated carbocycles. The van der Waals surface area contributed by atoms with Gasteiger partial charge in [-0.15, -0.1) is 0 Å². The smallest absolute Gasteiger partial charge is 0.462 e. The van der Waals surface area contributed by atoms with Gasteiger partial charge in [0, 0.05) is 25.7 Å². The van der Waals surface area contributed by atoms with E-state index >= 15 is 0 Å². The third-order valence-electron chi connectivity index (χ3n) is 16.0. The molecular weight excluding hydrogens is 1350 g/mol. The Labute approximate surface area is 629 Å². The maximum absolute atomic E-state index is 13.1. The molecule has 0 aliphatic heterocycles. The van der Waals surface area contributed by atoms with E-state index in [1.807, 2.05) is 18.2 Å². The van der Waals surface area contributed by atoms with Crippen LogP contribution in [0, 0.1) is 0 Å². The van der Waals surface area contributed by atoms with Gasteiger partial charge in [-0.3, -0.25) is 37.3 Å². The van der Waals surface area contributed by atoms with E-state index in [-0.39, 0.29) is 25.7 Å². The molecule has 19 heteroatoms. The van der Waals surface area contributed by atoms with Gasteiger partial charge < -0.3 is 33.8 Å². The van der Waals surface area contributed by atoms with Crippen LogP contribution in [0.15, 0.2) is 158 Å². The summed E-state index contributed by atoms with van der Waals surface area (Å²) in [5, 5.41) is 10.6. The summed E-state index contributed by atoms with van der Waals surface area (Å²) >= 11 is 0. The molecule has 5 atom stereocenters. The fourth-order valence-corrected chi connectivity index (χ4v) is 11.6. The van der Waals surface area contributed by atoms with Gasteiger partial charge in [-0.2, -0.15) is 0 Å². The highest BCUT2D eigenvalue weighted by molar-refractivity contribution is 7.47. The Balaban J connectivity index is 5.44. The molecule has 0 aromatic rings. The number of allylic oxidation sites excluding steroid dienone is 26. The maximum atomic E-state index is 13.1. The first-order valence-corrected chi connectivity index (χ1v) is 42.7. The maximum Gasteiger partial charge on any atom is 0.472 e. The number of ether oxygens (including phenoxy) is 4. The quantitative estimate of drug-likeness (QED) is 0.0169. The molecule has 0 rings (SSSR count).